The van der Waals surface area contributed by atoms with Crippen LogP contribution in [0.15, 0.2) is 158 Å². The Labute approximate surface area is 242 Å². The molecule has 1 aromatic heterocycles. The van der Waals surface area contributed by atoms with Gasteiger partial charge in [-0.3, -0.25) is 0 Å². The van der Waals surface area contributed by atoms with E-state index >= 15 is 0 Å². The molecular weight excluding hydrogens is 562 g/mol. The van der Waals surface area contributed by atoms with Crippen LogP contribution in [-0.4, -0.2) is 35.0 Å². The third-order valence-electron chi connectivity index (χ3n) is 8.15. The summed E-state index contributed by atoms with van der Waals surface area (Å²) in [5, 5.41) is 21.8. The van der Waals surface area contributed by atoms with E-state index in [9.17, 15) is 10.0 Å². The van der Waals surface area contributed by atoms with Gasteiger partial charge in [-0.15, -0.1) is 0 Å². The molecule has 0 spiro atoms. The van der Waals surface area contributed by atoms with Gasteiger partial charge in [-0.1, -0.05) is 0 Å². The number of para-hydroxylation sites is 1. The number of nitrogens with zero attached hydrogens (tertiary/aromatic N) is 1. The fourth-order valence-electron chi connectivity index (χ4n) is 6.37. The van der Waals surface area contributed by atoms with Gasteiger partial charge in [0.25, 0.3) is 0 Å². The number of rotatable bonds is 6. The van der Waals surface area contributed by atoms with Crippen molar-refractivity contribution in [2.45, 2.75) is 0 Å². The Hall–Kier alpha value is -4.35. The van der Waals surface area contributed by atoms with Crippen molar-refractivity contribution in [1.29, 1.82) is 0 Å². The van der Waals surface area contributed by atoms with E-state index in [0.29, 0.717) is 5.46 Å². The van der Waals surface area contributed by atoms with Gasteiger partial charge in [-0.2, -0.15) is 0 Å². The molecule has 0 saturated carbocycles. The monoisotopic (exact) mass is 591 g/mol. The van der Waals surface area contributed by atoms with Crippen LogP contribution in [-0.2, 0) is 0 Å². The van der Waals surface area contributed by atoms with Gasteiger partial charge in [0.15, 0.2) is 0 Å². The molecule has 41 heavy (non-hydrogen) atoms. The standard InChI is InChI=1S/C36H28BGeNO2/c40-37(41)27-23-24-36-34(25-27)33-21-10-11-22-35(33)39(36)32-20-12-19-31(26-32)38(28-13-4-1-5-14-28,29-15-6-2-7-16-29)30-17-8-3-9-18-30/h1-26,40-41H. The summed E-state index contributed by atoms with van der Waals surface area (Å²) in [5.41, 5.74) is 3.69. The van der Waals surface area contributed by atoms with Crippen LogP contribution in [0.4, 0.5) is 0 Å². The molecule has 1 heterocycles. The molecule has 0 unspecified atom stereocenters. The number of hydrogen-bond donors (Lipinski definition) is 2. The summed E-state index contributed by atoms with van der Waals surface area (Å²) in [5.74, 6) is 0. The van der Waals surface area contributed by atoms with Gasteiger partial charge in [-0.05, 0) is 0 Å². The van der Waals surface area contributed by atoms with Crippen molar-refractivity contribution >= 4 is 65.2 Å². The number of fused-ring (bicyclic) bond motifs is 3. The maximum atomic E-state index is 9.88. The van der Waals surface area contributed by atoms with Crippen LogP contribution in [0.5, 0.6) is 0 Å². The average molecular weight is 590 g/mol. The van der Waals surface area contributed by atoms with Gasteiger partial charge < -0.3 is 0 Å². The van der Waals surface area contributed by atoms with Crippen molar-refractivity contribution in [1.82, 2.24) is 4.57 Å². The van der Waals surface area contributed by atoms with Crippen molar-refractivity contribution in [2.75, 3.05) is 0 Å². The number of benzene rings is 6. The summed E-state index contributed by atoms with van der Waals surface area (Å²) in [4.78, 5) is 0. The zero-order valence-corrected chi connectivity index (χ0v) is 24.5. The van der Waals surface area contributed by atoms with Crippen LogP contribution in [0, 0.1) is 0 Å². The molecule has 0 amide bonds. The normalized spacial score (nSPS) is 11.7. The van der Waals surface area contributed by atoms with Gasteiger partial charge >= 0.3 is 243 Å². The number of hydrogen-bond acceptors (Lipinski definition) is 2. The Morgan fingerprint density at radius 2 is 0.951 bits per heavy atom. The van der Waals surface area contributed by atoms with E-state index in [1.54, 1.807) is 6.07 Å². The van der Waals surface area contributed by atoms with E-state index in [1.165, 1.54) is 17.6 Å². The molecule has 3 nitrogen and oxygen atoms in total. The van der Waals surface area contributed by atoms with Crippen LogP contribution < -0.4 is 23.0 Å². The Balaban J connectivity index is 1.55. The first-order valence-electron chi connectivity index (χ1n) is 13.8. The molecule has 6 aromatic carbocycles. The van der Waals surface area contributed by atoms with E-state index in [4.69, 9.17) is 0 Å². The van der Waals surface area contributed by atoms with Gasteiger partial charge in [-0.25, -0.2) is 0 Å². The van der Waals surface area contributed by atoms with Crippen LogP contribution in [0.1, 0.15) is 0 Å². The molecule has 0 atom stereocenters. The van der Waals surface area contributed by atoms with E-state index < -0.39 is 20.4 Å². The van der Waals surface area contributed by atoms with Gasteiger partial charge in [0, 0.05) is 0 Å². The van der Waals surface area contributed by atoms with E-state index in [1.807, 2.05) is 18.2 Å². The summed E-state index contributed by atoms with van der Waals surface area (Å²) in [6.45, 7) is 0. The first kappa shape index (κ1) is 25.6. The molecule has 2 N–H and O–H groups in total. The number of aromatic nitrogens is 1. The molecule has 5 heteroatoms. The summed E-state index contributed by atoms with van der Waals surface area (Å²) in [6.07, 6.45) is 0. The fraction of sp³-hybridized carbons (Fsp3) is 0. The minimum atomic E-state index is -3.43. The second kappa shape index (κ2) is 10.6. The van der Waals surface area contributed by atoms with Crippen molar-refractivity contribution in [3.05, 3.63) is 158 Å². The quantitative estimate of drug-likeness (QED) is 0.290. The van der Waals surface area contributed by atoms with Crippen molar-refractivity contribution in [2.24, 2.45) is 0 Å². The second-order valence-electron chi connectivity index (χ2n) is 10.4. The van der Waals surface area contributed by atoms with Crippen molar-refractivity contribution in [3.63, 3.8) is 0 Å². The molecule has 0 fully saturated rings. The van der Waals surface area contributed by atoms with Crippen LogP contribution in [0.2, 0.25) is 0 Å². The van der Waals surface area contributed by atoms with E-state index in [2.05, 4.69) is 138 Å². The van der Waals surface area contributed by atoms with Gasteiger partial charge in [0.1, 0.15) is 0 Å². The topological polar surface area (TPSA) is 45.4 Å². The van der Waals surface area contributed by atoms with Gasteiger partial charge in [0.05, 0.1) is 0 Å². The molecule has 7 rings (SSSR count). The molecule has 0 aliphatic heterocycles. The zero-order valence-electron chi connectivity index (χ0n) is 22.4. The zero-order chi connectivity index (χ0) is 27.8. The Morgan fingerprint density at radius 3 is 1.54 bits per heavy atom. The van der Waals surface area contributed by atoms with E-state index in [-0.39, 0.29) is 0 Å². The summed E-state index contributed by atoms with van der Waals surface area (Å²) in [6, 6.07) is 56.1. The maximum absolute atomic E-state index is 9.88. The predicted octanol–water partition coefficient (Wildman–Crippen LogP) is 3.84. The molecule has 0 aliphatic carbocycles. The molecule has 7 aromatic rings. The Morgan fingerprint density at radius 1 is 0.439 bits per heavy atom. The summed E-state index contributed by atoms with van der Waals surface area (Å²) in [7, 11) is -1.51. The molecule has 0 saturated heterocycles. The predicted molar refractivity (Wildman–Crippen MR) is 174 cm³/mol. The first-order chi connectivity index (χ1) is 20.2. The first-order valence-corrected chi connectivity index (χ1v) is 18.0. The molecular formula is C36H28BGeNO2. The summed E-state index contributed by atoms with van der Waals surface area (Å²) < 4.78 is 7.79. The van der Waals surface area contributed by atoms with Crippen LogP contribution in [0.3, 0.4) is 0 Å². The summed E-state index contributed by atoms with van der Waals surface area (Å²) >= 11 is -3.43. The Kier molecular flexibility index (Phi) is 6.60. The second-order valence-corrected chi connectivity index (χ2v) is 18.4. The average Bonchev–Trinajstić information content (AvgIpc) is 3.37. The van der Waals surface area contributed by atoms with Crippen molar-refractivity contribution in [3.8, 4) is 5.69 Å². The third kappa shape index (κ3) is 4.23. The molecule has 196 valence electrons. The minimum absolute atomic E-state index is 0.486. The van der Waals surface area contributed by atoms with Gasteiger partial charge in [0.2, 0.25) is 0 Å². The van der Waals surface area contributed by atoms with E-state index in [0.717, 1.165) is 27.5 Å². The fourth-order valence-corrected chi connectivity index (χ4v) is 16.4. The SMILES string of the molecule is OB(O)c1ccc2c(c1)c1ccccc1n2-c1ccc[c]([Ge]([c]2ccccc2)([c]2ccccc2)[c]2ccccc2)c1. The third-order valence-corrected chi connectivity index (χ3v) is 18.2. The molecule has 0 bridgehead atoms. The molecule has 0 radical (unpaired) electrons. The van der Waals surface area contributed by atoms with Crippen molar-refractivity contribution < 1.29 is 10.0 Å². The Bertz CT molecular complexity index is 1880. The van der Waals surface area contributed by atoms with Crippen LogP contribution in [0.25, 0.3) is 27.5 Å². The van der Waals surface area contributed by atoms with Crippen LogP contribution >= 0.6 is 0 Å². The molecule has 0 aliphatic rings.